The Labute approximate surface area is 461 Å². The van der Waals surface area contributed by atoms with Crippen LogP contribution in [0, 0.1) is 0 Å². The van der Waals surface area contributed by atoms with E-state index in [4.69, 9.17) is 14.2 Å². The lowest BCUT2D eigenvalue weighted by atomic mass is 10.1. The first-order chi connectivity index (χ1) is 37.0. The summed E-state index contributed by atoms with van der Waals surface area (Å²) in [5.41, 5.74) is 0. The molecule has 0 aliphatic carbocycles. The number of allylic oxidation sites excluding steroid dienone is 24. The summed E-state index contributed by atoms with van der Waals surface area (Å²) in [7, 11) is 0. The average Bonchev–Trinajstić information content (AvgIpc) is 3.41. The van der Waals surface area contributed by atoms with Gasteiger partial charge in [-0.1, -0.05) is 244 Å². The molecule has 0 aromatic carbocycles. The first kappa shape index (κ1) is 70.3. The van der Waals surface area contributed by atoms with E-state index in [1.165, 1.54) is 64.2 Å². The largest absolute Gasteiger partial charge is 0.462 e. The summed E-state index contributed by atoms with van der Waals surface area (Å²) < 4.78 is 16.8. The molecule has 0 aromatic heterocycles. The number of carbonyl (C=O) groups excluding carboxylic acids is 3. The maximum absolute atomic E-state index is 12.9. The van der Waals surface area contributed by atoms with Gasteiger partial charge in [0.25, 0.3) is 0 Å². The fourth-order valence-corrected chi connectivity index (χ4v) is 7.83. The molecule has 0 N–H and O–H groups in total. The summed E-state index contributed by atoms with van der Waals surface area (Å²) in [5.74, 6) is -0.999. The number of rotatable bonds is 53. The zero-order valence-corrected chi connectivity index (χ0v) is 48.3. The van der Waals surface area contributed by atoms with Crippen LogP contribution in [-0.4, -0.2) is 37.2 Å². The van der Waals surface area contributed by atoms with Crippen LogP contribution in [-0.2, 0) is 28.6 Å². The highest BCUT2D eigenvalue weighted by Gasteiger charge is 2.19. The van der Waals surface area contributed by atoms with Crippen molar-refractivity contribution in [3.63, 3.8) is 0 Å². The van der Waals surface area contributed by atoms with E-state index >= 15 is 0 Å². The second-order valence-electron chi connectivity index (χ2n) is 19.5. The van der Waals surface area contributed by atoms with Crippen LogP contribution in [0.15, 0.2) is 146 Å². The van der Waals surface area contributed by atoms with Crippen LogP contribution in [0.1, 0.15) is 252 Å². The van der Waals surface area contributed by atoms with Crippen molar-refractivity contribution in [1.29, 1.82) is 0 Å². The molecule has 422 valence electrons. The van der Waals surface area contributed by atoms with E-state index in [9.17, 15) is 14.4 Å². The molecule has 0 radical (unpaired) electrons. The van der Waals surface area contributed by atoms with Gasteiger partial charge in [-0.2, -0.15) is 0 Å². The van der Waals surface area contributed by atoms with Gasteiger partial charge in [0.2, 0.25) is 0 Å². The van der Waals surface area contributed by atoms with Crippen LogP contribution < -0.4 is 0 Å². The molecule has 0 aliphatic heterocycles. The van der Waals surface area contributed by atoms with Crippen molar-refractivity contribution in [3.8, 4) is 0 Å². The second-order valence-corrected chi connectivity index (χ2v) is 19.5. The zero-order chi connectivity index (χ0) is 54.3. The van der Waals surface area contributed by atoms with Crippen molar-refractivity contribution in [2.75, 3.05) is 13.2 Å². The number of hydrogen-bond donors (Lipinski definition) is 0. The normalized spacial score (nSPS) is 13.2. The van der Waals surface area contributed by atoms with E-state index in [1.54, 1.807) is 0 Å². The maximum Gasteiger partial charge on any atom is 0.306 e. The molecule has 1 unspecified atom stereocenters. The van der Waals surface area contributed by atoms with Gasteiger partial charge in [-0.15, -0.1) is 0 Å². The predicted molar refractivity (Wildman–Crippen MR) is 325 cm³/mol. The SMILES string of the molecule is CC/C=C\C/C=C\C/C=C\C/C=C\C/C=C\C/C=C\C/C=C\CCCC(=O)OCC(COC(=O)CCCCCCC/C=C\CCCCCCCC)OC(=O)CCCCCCCC/C=C\C/C=C\C/C=C\C/C=C\CC. The molecular formula is C69H110O6. The minimum Gasteiger partial charge on any atom is -0.462 e. The van der Waals surface area contributed by atoms with Gasteiger partial charge >= 0.3 is 17.9 Å². The molecule has 6 nitrogen and oxygen atoms in total. The Kier molecular flexibility index (Phi) is 58.0. The molecule has 0 saturated carbocycles. The van der Waals surface area contributed by atoms with Gasteiger partial charge in [0.05, 0.1) is 0 Å². The topological polar surface area (TPSA) is 78.9 Å². The highest BCUT2D eigenvalue weighted by Crippen LogP contribution is 2.13. The smallest absolute Gasteiger partial charge is 0.306 e. The summed E-state index contributed by atoms with van der Waals surface area (Å²) in [5, 5.41) is 0. The Hall–Kier alpha value is -4.71. The third-order valence-electron chi connectivity index (χ3n) is 12.3. The first-order valence-corrected chi connectivity index (χ1v) is 30.3. The molecule has 0 rings (SSSR count). The third-order valence-corrected chi connectivity index (χ3v) is 12.3. The molecule has 0 aromatic rings. The lowest BCUT2D eigenvalue weighted by molar-refractivity contribution is -0.167. The fourth-order valence-electron chi connectivity index (χ4n) is 7.83. The third kappa shape index (κ3) is 60.0. The quantitative estimate of drug-likeness (QED) is 0.0261. The van der Waals surface area contributed by atoms with Crippen LogP contribution in [0.2, 0.25) is 0 Å². The van der Waals surface area contributed by atoms with Gasteiger partial charge in [0.1, 0.15) is 13.2 Å². The maximum atomic E-state index is 12.9. The van der Waals surface area contributed by atoms with E-state index in [0.29, 0.717) is 19.3 Å². The van der Waals surface area contributed by atoms with E-state index in [2.05, 4.69) is 167 Å². The minimum atomic E-state index is -0.820. The van der Waals surface area contributed by atoms with Crippen LogP contribution >= 0.6 is 0 Å². The summed E-state index contributed by atoms with van der Waals surface area (Å²) in [6, 6.07) is 0. The van der Waals surface area contributed by atoms with Crippen LogP contribution in [0.25, 0.3) is 0 Å². The van der Waals surface area contributed by atoms with Gasteiger partial charge in [-0.05, 0) is 135 Å². The molecule has 0 saturated heterocycles. The molecule has 0 heterocycles. The molecule has 75 heavy (non-hydrogen) atoms. The Balaban J connectivity index is 4.54. The number of unbranched alkanes of at least 4 members (excludes halogenated alkanes) is 18. The summed E-state index contributed by atoms with van der Waals surface area (Å²) in [6.07, 6.45) is 88.4. The molecule has 0 aliphatic rings. The molecule has 0 spiro atoms. The van der Waals surface area contributed by atoms with Crippen LogP contribution in [0.5, 0.6) is 0 Å². The average molecular weight is 1040 g/mol. The van der Waals surface area contributed by atoms with Crippen molar-refractivity contribution < 1.29 is 28.6 Å². The number of carbonyl (C=O) groups is 3. The van der Waals surface area contributed by atoms with E-state index in [-0.39, 0.29) is 37.5 Å². The monoisotopic (exact) mass is 1030 g/mol. The molecule has 0 amide bonds. The standard InChI is InChI=1S/C69H110O6/c1-4-7-10-13-16-19-22-25-28-30-32-33-34-35-37-38-41-44-47-50-53-56-59-62-68(71)74-65-66(64-73-67(70)61-58-55-52-49-46-43-40-27-24-21-18-15-12-9-6-3)75-69(72)63-60-57-54-51-48-45-42-39-36-31-29-26-23-20-17-14-11-8-5-2/h7-8,10-11,16-17,19-20,25-29,32-33,35-37,39-41,44,50,53,66H,4-6,9,12-15,18,21-24,30-31,34,38,42-43,45-49,51-52,54-65H2,1-3H3/b10-7-,11-8-,19-16-,20-17-,28-25-,29-26-,33-32-,37-35-,39-36-,40-27-,44-41-,53-50-. The van der Waals surface area contributed by atoms with Crippen molar-refractivity contribution in [2.45, 2.75) is 258 Å². The summed E-state index contributed by atoms with van der Waals surface area (Å²) in [4.78, 5) is 38.2. The van der Waals surface area contributed by atoms with Gasteiger partial charge in [-0.25, -0.2) is 0 Å². The summed E-state index contributed by atoms with van der Waals surface area (Å²) >= 11 is 0. The van der Waals surface area contributed by atoms with Crippen LogP contribution in [0.3, 0.4) is 0 Å². The Morgan fingerprint density at radius 1 is 0.280 bits per heavy atom. The fraction of sp³-hybridized carbons (Fsp3) is 0.609. The van der Waals surface area contributed by atoms with Crippen LogP contribution in [0.4, 0.5) is 0 Å². The number of esters is 3. The van der Waals surface area contributed by atoms with Crippen molar-refractivity contribution in [2.24, 2.45) is 0 Å². The number of hydrogen-bond acceptors (Lipinski definition) is 6. The molecule has 1 atom stereocenters. The lowest BCUT2D eigenvalue weighted by Gasteiger charge is -2.18. The Morgan fingerprint density at radius 3 is 0.880 bits per heavy atom. The van der Waals surface area contributed by atoms with Crippen molar-refractivity contribution >= 4 is 17.9 Å². The highest BCUT2D eigenvalue weighted by molar-refractivity contribution is 5.71. The van der Waals surface area contributed by atoms with Gasteiger partial charge in [0, 0.05) is 19.3 Å². The van der Waals surface area contributed by atoms with Crippen molar-refractivity contribution in [3.05, 3.63) is 146 Å². The molecule has 0 bridgehead atoms. The molecule has 0 fully saturated rings. The van der Waals surface area contributed by atoms with Gasteiger partial charge in [0.15, 0.2) is 6.10 Å². The molecule has 6 heteroatoms. The summed E-state index contributed by atoms with van der Waals surface area (Å²) in [6.45, 7) is 6.34. The van der Waals surface area contributed by atoms with Gasteiger partial charge in [-0.3, -0.25) is 14.4 Å². The lowest BCUT2D eigenvalue weighted by Crippen LogP contribution is -2.30. The first-order valence-electron chi connectivity index (χ1n) is 30.3. The Bertz CT molecular complexity index is 1660. The van der Waals surface area contributed by atoms with Crippen molar-refractivity contribution in [1.82, 2.24) is 0 Å². The second kappa shape index (κ2) is 61.8. The van der Waals surface area contributed by atoms with E-state index in [0.717, 1.165) is 141 Å². The van der Waals surface area contributed by atoms with E-state index in [1.807, 2.05) is 0 Å². The molecular weight excluding hydrogens is 925 g/mol. The number of ether oxygens (including phenoxy) is 3. The highest BCUT2D eigenvalue weighted by atomic mass is 16.6. The Morgan fingerprint density at radius 2 is 0.533 bits per heavy atom. The van der Waals surface area contributed by atoms with E-state index < -0.39 is 6.10 Å². The van der Waals surface area contributed by atoms with Gasteiger partial charge < -0.3 is 14.2 Å². The predicted octanol–water partition coefficient (Wildman–Crippen LogP) is 20.8. The zero-order valence-electron chi connectivity index (χ0n) is 48.3. The minimum absolute atomic E-state index is 0.112.